The van der Waals surface area contributed by atoms with Crippen LogP contribution in [0.5, 0.6) is 0 Å². The van der Waals surface area contributed by atoms with Crippen molar-refractivity contribution < 1.29 is 9.90 Å². The Balaban J connectivity index is 2.19. The number of pyridine rings is 1. The number of nitrogens with zero attached hydrogens (tertiary/aromatic N) is 3. The van der Waals surface area contributed by atoms with Crippen LogP contribution in [0.25, 0.3) is 0 Å². The third-order valence-corrected chi connectivity index (χ3v) is 4.53. The summed E-state index contributed by atoms with van der Waals surface area (Å²) < 4.78 is 0. The molecular formula is C14H20ClN3O2. The molecule has 0 aromatic carbocycles. The van der Waals surface area contributed by atoms with Gasteiger partial charge in [-0.15, -0.1) is 0 Å². The fourth-order valence-corrected chi connectivity index (χ4v) is 2.84. The van der Waals surface area contributed by atoms with Gasteiger partial charge in [-0.25, -0.2) is 9.78 Å². The maximum atomic E-state index is 11.1. The van der Waals surface area contributed by atoms with E-state index < -0.39 is 5.97 Å². The fraction of sp³-hybridized carbons (Fsp3) is 0.571. The Bertz CT molecular complexity index is 515. The molecule has 20 heavy (non-hydrogen) atoms. The third kappa shape index (κ3) is 2.74. The van der Waals surface area contributed by atoms with E-state index in [1.165, 1.54) is 18.7 Å². The number of halogens is 1. The second-order valence-electron chi connectivity index (χ2n) is 5.66. The van der Waals surface area contributed by atoms with Crippen LogP contribution in [-0.4, -0.2) is 54.2 Å². The van der Waals surface area contributed by atoms with Crippen LogP contribution in [-0.2, 0) is 0 Å². The van der Waals surface area contributed by atoms with E-state index in [0.29, 0.717) is 5.82 Å². The molecule has 0 unspecified atom stereocenters. The normalized spacial score (nSPS) is 16.9. The summed E-state index contributed by atoms with van der Waals surface area (Å²) in [7, 11) is 6.11. The Morgan fingerprint density at radius 3 is 2.55 bits per heavy atom. The SMILES string of the molecule is CN(CC1(N(C)C)CCC1)c1cc(C(=O)O)c(Cl)cn1. The molecule has 0 amide bonds. The van der Waals surface area contributed by atoms with Crippen LogP contribution in [0.2, 0.25) is 5.02 Å². The van der Waals surface area contributed by atoms with Gasteiger partial charge in [0, 0.05) is 25.3 Å². The monoisotopic (exact) mass is 297 g/mol. The van der Waals surface area contributed by atoms with Crippen LogP contribution in [0.3, 0.4) is 0 Å². The minimum atomic E-state index is -1.03. The number of carboxylic acids is 1. The van der Waals surface area contributed by atoms with E-state index in [-0.39, 0.29) is 16.1 Å². The standard InChI is InChI=1S/C14H20ClN3O2/c1-17(2)14(5-4-6-14)9-18(3)12-7-10(13(19)20)11(15)8-16-12/h7-8H,4-6,9H2,1-3H3,(H,19,20). The molecule has 2 rings (SSSR count). The first-order valence-electron chi connectivity index (χ1n) is 6.63. The molecule has 0 aliphatic heterocycles. The molecule has 1 aromatic heterocycles. The number of anilines is 1. The number of carboxylic acid groups (broad SMARTS) is 1. The number of rotatable bonds is 5. The molecule has 1 N–H and O–H groups in total. The first kappa shape index (κ1) is 15.1. The maximum Gasteiger partial charge on any atom is 0.337 e. The lowest BCUT2D eigenvalue weighted by atomic mass is 9.75. The van der Waals surface area contributed by atoms with Gasteiger partial charge in [0.15, 0.2) is 0 Å². The second kappa shape index (κ2) is 5.58. The predicted molar refractivity (Wildman–Crippen MR) is 79.7 cm³/mol. The molecule has 1 aliphatic rings. The number of aromatic carboxylic acids is 1. The van der Waals surface area contributed by atoms with Crippen molar-refractivity contribution in [1.29, 1.82) is 0 Å². The van der Waals surface area contributed by atoms with Crippen LogP contribution < -0.4 is 4.90 Å². The highest BCUT2D eigenvalue weighted by Gasteiger charge is 2.40. The van der Waals surface area contributed by atoms with E-state index in [1.807, 2.05) is 11.9 Å². The van der Waals surface area contributed by atoms with Crippen LogP contribution in [0.15, 0.2) is 12.3 Å². The zero-order valence-corrected chi connectivity index (χ0v) is 12.8. The van der Waals surface area contributed by atoms with E-state index in [2.05, 4.69) is 24.0 Å². The molecule has 0 saturated heterocycles. The third-order valence-electron chi connectivity index (χ3n) is 4.23. The summed E-state index contributed by atoms with van der Waals surface area (Å²) in [5.41, 5.74) is 0.260. The van der Waals surface area contributed by atoms with Crippen molar-refractivity contribution in [3.63, 3.8) is 0 Å². The highest BCUT2D eigenvalue weighted by atomic mass is 35.5. The Labute approximate surface area is 124 Å². The molecule has 0 bridgehead atoms. The van der Waals surface area contributed by atoms with Gasteiger partial charge in [0.1, 0.15) is 5.82 Å². The van der Waals surface area contributed by atoms with Crippen molar-refractivity contribution in [2.24, 2.45) is 0 Å². The molecule has 0 atom stereocenters. The Morgan fingerprint density at radius 2 is 2.10 bits per heavy atom. The van der Waals surface area contributed by atoms with Gasteiger partial charge in [-0.1, -0.05) is 11.6 Å². The van der Waals surface area contributed by atoms with Crippen molar-refractivity contribution >= 4 is 23.4 Å². The van der Waals surface area contributed by atoms with Crippen molar-refractivity contribution in [2.45, 2.75) is 24.8 Å². The zero-order chi connectivity index (χ0) is 14.9. The largest absolute Gasteiger partial charge is 0.478 e. The molecule has 1 aromatic rings. The van der Waals surface area contributed by atoms with Crippen molar-refractivity contribution in [3.8, 4) is 0 Å². The van der Waals surface area contributed by atoms with Gasteiger partial charge in [-0.2, -0.15) is 0 Å². The number of hydrogen-bond acceptors (Lipinski definition) is 4. The van der Waals surface area contributed by atoms with E-state index in [4.69, 9.17) is 16.7 Å². The van der Waals surface area contributed by atoms with E-state index >= 15 is 0 Å². The van der Waals surface area contributed by atoms with Gasteiger partial charge in [-0.05, 0) is 39.4 Å². The Morgan fingerprint density at radius 1 is 1.45 bits per heavy atom. The highest BCUT2D eigenvalue weighted by molar-refractivity contribution is 6.33. The molecule has 1 fully saturated rings. The lowest BCUT2D eigenvalue weighted by Gasteiger charge is -2.49. The summed E-state index contributed by atoms with van der Waals surface area (Å²) in [4.78, 5) is 19.6. The quantitative estimate of drug-likeness (QED) is 0.904. The average Bonchev–Trinajstić information content (AvgIpc) is 2.33. The van der Waals surface area contributed by atoms with Crippen LogP contribution in [0, 0.1) is 0 Å². The average molecular weight is 298 g/mol. The lowest BCUT2D eigenvalue weighted by molar-refractivity contribution is 0.0681. The van der Waals surface area contributed by atoms with E-state index in [0.717, 1.165) is 19.4 Å². The molecular weight excluding hydrogens is 278 g/mol. The minimum absolute atomic E-state index is 0.0935. The molecule has 5 nitrogen and oxygen atoms in total. The topological polar surface area (TPSA) is 56.7 Å². The second-order valence-corrected chi connectivity index (χ2v) is 6.06. The summed E-state index contributed by atoms with van der Waals surface area (Å²) >= 11 is 5.85. The number of carbonyl (C=O) groups is 1. The number of hydrogen-bond donors (Lipinski definition) is 1. The number of aromatic nitrogens is 1. The summed E-state index contributed by atoms with van der Waals surface area (Å²) in [6.45, 7) is 0.827. The summed E-state index contributed by atoms with van der Waals surface area (Å²) in [6, 6.07) is 1.53. The molecule has 1 saturated carbocycles. The van der Waals surface area contributed by atoms with Crippen LogP contribution in [0.1, 0.15) is 29.6 Å². The van der Waals surface area contributed by atoms with Crippen LogP contribution >= 0.6 is 11.6 Å². The molecule has 0 spiro atoms. The first-order valence-corrected chi connectivity index (χ1v) is 7.01. The molecule has 1 heterocycles. The molecule has 6 heteroatoms. The van der Waals surface area contributed by atoms with Gasteiger partial charge < -0.3 is 14.9 Å². The molecule has 110 valence electrons. The summed E-state index contributed by atoms with van der Waals surface area (Å²) in [5.74, 6) is -0.391. The molecule has 1 aliphatic carbocycles. The summed E-state index contributed by atoms with van der Waals surface area (Å²) in [5, 5.41) is 9.28. The highest BCUT2D eigenvalue weighted by Crippen LogP contribution is 2.37. The first-order chi connectivity index (χ1) is 9.35. The lowest BCUT2D eigenvalue weighted by Crippen LogP contribution is -2.56. The van der Waals surface area contributed by atoms with Gasteiger partial charge in [0.25, 0.3) is 0 Å². The van der Waals surface area contributed by atoms with Crippen molar-refractivity contribution in [2.75, 3.05) is 32.6 Å². The maximum absolute atomic E-state index is 11.1. The van der Waals surface area contributed by atoms with Crippen molar-refractivity contribution in [1.82, 2.24) is 9.88 Å². The van der Waals surface area contributed by atoms with Gasteiger partial charge in [0.2, 0.25) is 0 Å². The Hall–Kier alpha value is -1.33. The summed E-state index contributed by atoms with van der Waals surface area (Å²) in [6.07, 6.45) is 4.95. The Kier molecular flexibility index (Phi) is 4.20. The van der Waals surface area contributed by atoms with Gasteiger partial charge >= 0.3 is 5.97 Å². The zero-order valence-electron chi connectivity index (χ0n) is 12.1. The van der Waals surface area contributed by atoms with E-state index in [1.54, 1.807) is 0 Å². The number of likely N-dealkylation sites (N-methyl/N-ethyl adjacent to an activating group) is 2. The van der Waals surface area contributed by atoms with Crippen molar-refractivity contribution in [3.05, 3.63) is 22.8 Å². The predicted octanol–water partition coefficient (Wildman–Crippen LogP) is 2.35. The van der Waals surface area contributed by atoms with E-state index in [9.17, 15) is 4.79 Å². The van der Waals surface area contributed by atoms with Crippen LogP contribution in [0.4, 0.5) is 5.82 Å². The molecule has 0 radical (unpaired) electrons. The fourth-order valence-electron chi connectivity index (χ4n) is 2.65. The minimum Gasteiger partial charge on any atom is -0.478 e. The van der Waals surface area contributed by atoms with Gasteiger partial charge in [-0.3, -0.25) is 0 Å². The smallest absolute Gasteiger partial charge is 0.337 e. The van der Waals surface area contributed by atoms with Gasteiger partial charge in [0.05, 0.1) is 10.6 Å².